The minimum absolute atomic E-state index is 0.121. The Kier molecular flexibility index (Phi) is 4.56. The van der Waals surface area contributed by atoms with Gasteiger partial charge < -0.3 is 20.3 Å². The molecule has 0 bridgehead atoms. The van der Waals surface area contributed by atoms with Gasteiger partial charge in [-0.15, -0.1) is 0 Å². The predicted octanol–water partition coefficient (Wildman–Crippen LogP) is -0.352. The molecule has 0 aliphatic heterocycles. The van der Waals surface area contributed by atoms with Crippen LogP contribution >= 0.6 is 7.60 Å². The van der Waals surface area contributed by atoms with Crippen LogP contribution in [-0.4, -0.2) is 28.1 Å². The summed E-state index contributed by atoms with van der Waals surface area (Å²) in [7, 11) is -4.29. The molecule has 4 N–H and O–H groups in total. The summed E-state index contributed by atoms with van der Waals surface area (Å²) in [5.41, 5.74) is 5.36. The van der Waals surface area contributed by atoms with E-state index in [1.54, 1.807) is 13.8 Å². The van der Waals surface area contributed by atoms with Gasteiger partial charge in [-0.25, -0.2) is 0 Å². The first-order valence-electron chi connectivity index (χ1n) is 3.71. The van der Waals surface area contributed by atoms with E-state index in [1.165, 1.54) is 0 Å². The minimum Gasteiger partial charge on any atom is -0.452 e. The molecule has 0 saturated carbocycles. The monoisotopic (exact) mass is 211 g/mol. The molecular weight excluding hydrogens is 197 g/mol. The van der Waals surface area contributed by atoms with Crippen molar-refractivity contribution in [2.24, 2.45) is 11.7 Å². The molecule has 13 heavy (non-hydrogen) atoms. The standard InChI is InChI=1S/C6H14NO5P/c1-4(2)5(7)6(8)12-3-13(9,10)11/h4-5H,3,7H2,1-2H3,(H2,9,10,11)/t5-/m0/s1. The van der Waals surface area contributed by atoms with Crippen molar-refractivity contribution in [1.82, 2.24) is 0 Å². The van der Waals surface area contributed by atoms with Crippen LogP contribution in [0.4, 0.5) is 0 Å². The molecule has 0 saturated heterocycles. The Bertz CT molecular complexity index is 223. The highest BCUT2D eigenvalue weighted by atomic mass is 31.2. The van der Waals surface area contributed by atoms with E-state index in [1.807, 2.05) is 0 Å². The average Bonchev–Trinajstić information content (AvgIpc) is 1.97. The van der Waals surface area contributed by atoms with Crippen molar-refractivity contribution in [3.8, 4) is 0 Å². The summed E-state index contributed by atoms with van der Waals surface area (Å²) in [5.74, 6) is -0.914. The summed E-state index contributed by atoms with van der Waals surface area (Å²) < 4.78 is 14.6. The molecule has 0 aromatic rings. The van der Waals surface area contributed by atoms with Gasteiger partial charge in [0.2, 0.25) is 0 Å². The quantitative estimate of drug-likeness (QED) is 0.433. The Morgan fingerprint density at radius 2 is 2.00 bits per heavy atom. The third kappa shape index (κ3) is 5.76. The lowest BCUT2D eigenvalue weighted by Gasteiger charge is -2.14. The average molecular weight is 211 g/mol. The van der Waals surface area contributed by atoms with Crippen LogP contribution < -0.4 is 5.73 Å². The molecule has 6 nitrogen and oxygen atoms in total. The van der Waals surface area contributed by atoms with Crippen LogP contribution in [0, 0.1) is 5.92 Å². The number of hydrogen-bond donors (Lipinski definition) is 3. The molecule has 0 spiro atoms. The summed E-state index contributed by atoms with van der Waals surface area (Å²) in [4.78, 5) is 27.7. The van der Waals surface area contributed by atoms with Gasteiger partial charge in [0.15, 0.2) is 6.35 Å². The Morgan fingerprint density at radius 1 is 1.54 bits per heavy atom. The number of ether oxygens (including phenoxy) is 1. The van der Waals surface area contributed by atoms with Crippen LogP contribution in [0.5, 0.6) is 0 Å². The van der Waals surface area contributed by atoms with Crippen LogP contribution in [0.15, 0.2) is 0 Å². The number of carbonyl (C=O) groups is 1. The van der Waals surface area contributed by atoms with Gasteiger partial charge >= 0.3 is 13.6 Å². The van der Waals surface area contributed by atoms with Gasteiger partial charge in [-0.1, -0.05) is 13.8 Å². The normalized spacial score (nSPS) is 14.3. The molecule has 0 radical (unpaired) electrons. The SMILES string of the molecule is CC(C)[C@H](N)C(=O)OCP(=O)(O)O. The molecule has 0 unspecified atom stereocenters. The van der Waals surface area contributed by atoms with Crippen LogP contribution in [0.1, 0.15) is 13.8 Å². The molecule has 0 aliphatic carbocycles. The number of rotatable bonds is 4. The van der Waals surface area contributed by atoms with E-state index in [4.69, 9.17) is 15.5 Å². The Labute approximate surface area is 76.2 Å². The number of esters is 1. The third-order valence-electron chi connectivity index (χ3n) is 1.37. The first kappa shape index (κ1) is 12.6. The van der Waals surface area contributed by atoms with Crippen molar-refractivity contribution in [2.75, 3.05) is 6.35 Å². The summed E-state index contributed by atoms with van der Waals surface area (Å²) in [5, 5.41) is 0. The minimum atomic E-state index is -4.29. The molecule has 78 valence electrons. The molecular formula is C6H14NO5P. The van der Waals surface area contributed by atoms with E-state index in [0.29, 0.717) is 0 Å². The maximum atomic E-state index is 10.9. The fourth-order valence-electron chi connectivity index (χ4n) is 0.516. The van der Waals surface area contributed by atoms with Crippen molar-refractivity contribution >= 4 is 13.6 Å². The largest absolute Gasteiger partial charge is 0.452 e. The molecule has 0 amide bonds. The second-order valence-electron chi connectivity index (χ2n) is 3.03. The first-order valence-corrected chi connectivity index (χ1v) is 5.50. The zero-order valence-electron chi connectivity index (χ0n) is 7.51. The van der Waals surface area contributed by atoms with E-state index in [2.05, 4.69) is 4.74 Å². The highest BCUT2D eigenvalue weighted by molar-refractivity contribution is 7.51. The summed E-state index contributed by atoms with van der Waals surface area (Å²) >= 11 is 0. The zero-order chi connectivity index (χ0) is 10.6. The van der Waals surface area contributed by atoms with Gasteiger partial charge in [-0.05, 0) is 5.92 Å². The summed E-state index contributed by atoms with van der Waals surface area (Å²) in [6.07, 6.45) is -0.910. The molecule has 7 heteroatoms. The lowest BCUT2D eigenvalue weighted by atomic mass is 10.1. The van der Waals surface area contributed by atoms with E-state index in [0.717, 1.165) is 0 Å². The molecule has 0 fully saturated rings. The second kappa shape index (κ2) is 4.72. The molecule has 0 aromatic heterocycles. The third-order valence-corrected chi connectivity index (χ3v) is 1.83. The maximum Gasteiger partial charge on any atom is 0.362 e. The van der Waals surface area contributed by atoms with Crippen molar-refractivity contribution in [3.05, 3.63) is 0 Å². The van der Waals surface area contributed by atoms with Gasteiger partial charge in [0, 0.05) is 0 Å². The van der Waals surface area contributed by atoms with Crippen LogP contribution in [-0.2, 0) is 14.1 Å². The Hall–Kier alpha value is -0.420. The van der Waals surface area contributed by atoms with E-state index in [-0.39, 0.29) is 5.92 Å². The topological polar surface area (TPSA) is 110 Å². The molecule has 1 atom stereocenters. The van der Waals surface area contributed by atoms with E-state index < -0.39 is 26.0 Å². The highest BCUT2D eigenvalue weighted by Crippen LogP contribution is 2.33. The Balaban J connectivity index is 3.96. The second-order valence-corrected chi connectivity index (χ2v) is 4.61. The number of nitrogens with two attached hydrogens (primary N) is 1. The van der Waals surface area contributed by atoms with E-state index >= 15 is 0 Å². The van der Waals surface area contributed by atoms with Gasteiger partial charge in [-0.3, -0.25) is 9.36 Å². The zero-order valence-corrected chi connectivity index (χ0v) is 8.40. The van der Waals surface area contributed by atoms with Gasteiger partial charge in [-0.2, -0.15) is 0 Å². The molecule has 0 aliphatic rings. The van der Waals surface area contributed by atoms with Crippen LogP contribution in [0.2, 0.25) is 0 Å². The lowest BCUT2D eigenvalue weighted by Crippen LogP contribution is -2.37. The van der Waals surface area contributed by atoms with Gasteiger partial charge in [0.25, 0.3) is 0 Å². The van der Waals surface area contributed by atoms with Gasteiger partial charge in [0.1, 0.15) is 6.04 Å². The van der Waals surface area contributed by atoms with E-state index in [9.17, 15) is 9.36 Å². The van der Waals surface area contributed by atoms with Gasteiger partial charge in [0.05, 0.1) is 0 Å². The van der Waals surface area contributed by atoms with Crippen molar-refractivity contribution < 1.29 is 23.9 Å². The predicted molar refractivity (Wildman–Crippen MR) is 45.8 cm³/mol. The van der Waals surface area contributed by atoms with Crippen LogP contribution in [0.3, 0.4) is 0 Å². The first-order chi connectivity index (χ1) is 5.74. The lowest BCUT2D eigenvalue weighted by molar-refractivity contribution is -0.144. The summed E-state index contributed by atoms with van der Waals surface area (Å²) in [6, 6.07) is -0.841. The van der Waals surface area contributed by atoms with Crippen molar-refractivity contribution in [1.29, 1.82) is 0 Å². The van der Waals surface area contributed by atoms with Crippen LogP contribution in [0.25, 0.3) is 0 Å². The maximum absolute atomic E-state index is 10.9. The molecule has 0 rings (SSSR count). The van der Waals surface area contributed by atoms with Crippen molar-refractivity contribution in [2.45, 2.75) is 19.9 Å². The number of carbonyl (C=O) groups excluding carboxylic acids is 1. The molecule has 0 aromatic carbocycles. The molecule has 0 heterocycles. The summed E-state index contributed by atoms with van der Waals surface area (Å²) in [6.45, 7) is 3.42. The van der Waals surface area contributed by atoms with Crippen molar-refractivity contribution in [3.63, 3.8) is 0 Å². The highest BCUT2D eigenvalue weighted by Gasteiger charge is 2.22. The smallest absolute Gasteiger partial charge is 0.362 e. The Morgan fingerprint density at radius 3 is 2.31 bits per heavy atom. The fourth-order valence-corrected chi connectivity index (χ4v) is 0.812. The fraction of sp³-hybridized carbons (Fsp3) is 0.833. The number of hydrogen-bond acceptors (Lipinski definition) is 4.